The molecule has 2 aliphatic rings. The Bertz CT molecular complexity index is 860. The number of hydrogen-bond acceptors (Lipinski definition) is 7. The predicted molar refractivity (Wildman–Crippen MR) is 105 cm³/mol. The Morgan fingerprint density at radius 3 is 2.71 bits per heavy atom. The van der Waals surface area contributed by atoms with Gasteiger partial charge in [0, 0.05) is 19.2 Å². The summed E-state index contributed by atoms with van der Waals surface area (Å²) >= 11 is 5.87. The Labute approximate surface area is 169 Å². The summed E-state index contributed by atoms with van der Waals surface area (Å²) in [5.41, 5.74) is 0.350. The molecule has 0 N–H and O–H groups in total. The largest absolute Gasteiger partial charge is 0.478 e. The van der Waals surface area contributed by atoms with E-state index in [4.69, 9.17) is 21.6 Å². The Hall–Kier alpha value is -2.46. The number of hydrogen-bond donors (Lipinski definition) is 0. The van der Waals surface area contributed by atoms with E-state index in [1.807, 2.05) is 6.07 Å². The summed E-state index contributed by atoms with van der Waals surface area (Å²) in [5, 5.41) is 9.55. The van der Waals surface area contributed by atoms with E-state index in [0.717, 1.165) is 43.2 Å². The molecule has 0 radical (unpaired) electrons. The van der Waals surface area contributed by atoms with Crippen molar-refractivity contribution in [3.05, 3.63) is 35.0 Å². The molecule has 8 heteroatoms. The quantitative estimate of drug-likeness (QED) is 0.736. The Balaban J connectivity index is 1.20. The molecule has 2 fully saturated rings. The molecular formula is C20H23ClN6O. The molecule has 1 aliphatic carbocycles. The third kappa shape index (κ3) is 4.50. The van der Waals surface area contributed by atoms with Crippen molar-refractivity contribution < 1.29 is 4.74 Å². The Morgan fingerprint density at radius 1 is 1.25 bits per heavy atom. The molecule has 28 heavy (non-hydrogen) atoms. The van der Waals surface area contributed by atoms with Crippen LogP contribution in [0.25, 0.3) is 0 Å². The molecule has 2 unspecified atom stereocenters. The fourth-order valence-electron chi connectivity index (χ4n) is 4.16. The highest BCUT2D eigenvalue weighted by Gasteiger charge is 2.43. The van der Waals surface area contributed by atoms with E-state index >= 15 is 0 Å². The zero-order valence-electron chi connectivity index (χ0n) is 15.9. The van der Waals surface area contributed by atoms with Gasteiger partial charge in [0.25, 0.3) is 0 Å². The van der Waals surface area contributed by atoms with Gasteiger partial charge in [-0.15, -0.1) is 0 Å². The van der Waals surface area contributed by atoms with E-state index < -0.39 is 0 Å². The van der Waals surface area contributed by atoms with Crippen molar-refractivity contribution >= 4 is 17.5 Å². The van der Waals surface area contributed by atoms with Gasteiger partial charge in [0.05, 0.1) is 24.0 Å². The van der Waals surface area contributed by atoms with Crippen LogP contribution in [0.2, 0.25) is 5.02 Å². The number of rotatable bonds is 6. The lowest BCUT2D eigenvalue weighted by Crippen LogP contribution is -2.35. The predicted octanol–water partition coefficient (Wildman–Crippen LogP) is 3.42. The second-order valence-corrected chi connectivity index (χ2v) is 8.01. The number of halogens is 1. The zero-order valence-corrected chi connectivity index (χ0v) is 16.6. The van der Waals surface area contributed by atoms with Crippen LogP contribution in [0.5, 0.6) is 5.88 Å². The first-order valence-corrected chi connectivity index (χ1v) is 10.1. The SMILES string of the molecule is Cc1nc(C#N)cc(OCCC2CC2C2CCN(c3ncc(Cl)cn3)CC2)n1. The molecule has 0 amide bonds. The maximum Gasteiger partial charge on any atom is 0.225 e. The van der Waals surface area contributed by atoms with Gasteiger partial charge in [-0.2, -0.15) is 10.2 Å². The highest BCUT2D eigenvalue weighted by Crippen LogP contribution is 2.49. The molecule has 2 atom stereocenters. The van der Waals surface area contributed by atoms with E-state index in [1.165, 1.54) is 19.3 Å². The van der Waals surface area contributed by atoms with Crippen LogP contribution in [-0.2, 0) is 0 Å². The van der Waals surface area contributed by atoms with Gasteiger partial charge < -0.3 is 9.64 Å². The fourth-order valence-corrected chi connectivity index (χ4v) is 4.26. The summed E-state index contributed by atoms with van der Waals surface area (Å²) in [6.45, 7) is 4.42. The average Bonchev–Trinajstić information content (AvgIpc) is 3.48. The first-order valence-electron chi connectivity index (χ1n) is 9.73. The summed E-state index contributed by atoms with van der Waals surface area (Å²) in [4.78, 5) is 19.2. The van der Waals surface area contributed by atoms with E-state index in [-0.39, 0.29) is 0 Å². The van der Waals surface area contributed by atoms with Crippen LogP contribution in [0.1, 0.15) is 37.2 Å². The molecule has 3 heterocycles. The van der Waals surface area contributed by atoms with Crippen LogP contribution >= 0.6 is 11.6 Å². The second kappa shape index (κ2) is 8.27. The van der Waals surface area contributed by atoms with E-state index in [1.54, 1.807) is 25.4 Å². The Kier molecular flexibility index (Phi) is 5.58. The van der Waals surface area contributed by atoms with Gasteiger partial charge in [-0.25, -0.2) is 15.0 Å². The minimum absolute atomic E-state index is 0.350. The van der Waals surface area contributed by atoms with E-state index in [2.05, 4.69) is 24.8 Å². The molecule has 0 bridgehead atoms. The number of aryl methyl sites for hydroxylation is 1. The maximum atomic E-state index is 8.98. The monoisotopic (exact) mass is 398 g/mol. The van der Waals surface area contributed by atoms with Crippen LogP contribution in [0.15, 0.2) is 18.5 Å². The molecule has 1 aliphatic heterocycles. The summed E-state index contributed by atoms with van der Waals surface area (Å²) in [6, 6.07) is 3.64. The molecule has 1 saturated heterocycles. The number of piperidine rings is 1. The number of nitriles is 1. The van der Waals surface area contributed by atoms with Crippen molar-refractivity contribution in [1.29, 1.82) is 5.26 Å². The first kappa shape index (κ1) is 18.9. The van der Waals surface area contributed by atoms with Crippen molar-refractivity contribution in [2.75, 3.05) is 24.6 Å². The van der Waals surface area contributed by atoms with Crippen molar-refractivity contribution in [1.82, 2.24) is 19.9 Å². The molecule has 4 rings (SSSR count). The highest BCUT2D eigenvalue weighted by molar-refractivity contribution is 6.30. The van der Waals surface area contributed by atoms with E-state index in [9.17, 15) is 0 Å². The Morgan fingerprint density at radius 2 is 2.00 bits per heavy atom. The number of anilines is 1. The summed E-state index contributed by atoms with van der Waals surface area (Å²) in [5.74, 6) is 4.16. The lowest BCUT2D eigenvalue weighted by atomic mass is 9.90. The van der Waals surface area contributed by atoms with Crippen molar-refractivity contribution in [2.24, 2.45) is 17.8 Å². The van der Waals surface area contributed by atoms with Gasteiger partial charge >= 0.3 is 0 Å². The topological polar surface area (TPSA) is 87.8 Å². The molecule has 0 spiro atoms. The third-order valence-electron chi connectivity index (χ3n) is 5.68. The second-order valence-electron chi connectivity index (χ2n) is 7.57. The van der Waals surface area contributed by atoms with Gasteiger partial charge in [-0.1, -0.05) is 11.6 Å². The normalized spacial score (nSPS) is 22.0. The molecule has 0 aromatic carbocycles. The zero-order chi connectivity index (χ0) is 19.5. The summed E-state index contributed by atoms with van der Waals surface area (Å²) < 4.78 is 5.76. The molecule has 2 aromatic heterocycles. The summed E-state index contributed by atoms with van der Waals surface area (Å²) in [6.07, 6.45) is 8.01. The van der Waals surface area contributed by atoms with Crippen LogP contribution in [0, 0.1) is 36.0 Å². The molecule has 2 aromatic rings. The molecular weight excluding hydrogens is 376 g/mol. The van der Waals surface area contributed by atoms with Crippen molar-refractivity contribution in [2.45, 2.75) is 32.6 Å². The third-order valence-corrected chi connectivity index (χ3v) is 5.87. The number of nitrogens with zero attached hydrogens (tertiary/aromatic N) is 6. The molecule has 1 saturated carbocycles. The standard InChI is InChI=1S/C20H23ClN6O/c1-13-25-17(10-22)9-19(26-13)28-7-4-15-8-18(15)14-2-5-27(6-3-14)20-23-11-16(21)12-24-20/h9,11-12,14-15,18H,2-8H2,1H3. The maximum absolute atomic E-state index is 8.98. The van der Waals surface area contributed by atoms with Gasteiger partial charge in [0.2, 0.25) is 11.8 Å². The van der Waals surface area contributed by atoms with Gasteiger partial charge in [-0.3, -0.25) is 0 Å². The van der Waals surface area contributed by atoms with Crippen molar-refractivity contribution in [3.63, 3.8) is 0 Å². The van der Waals surface area contributed by atoms with Crippen LogP contribution < -0.4 is 9.64 Å². The van der Waals surface area contributed by atoms with Crippen molar-refractivity contribution in [3.8, 4) is 11.9 Å². The minimum atomic E-state index is 0.350. The van der Waals surface area contributed by atoms with Crippen LogP contribution in [0.4, 0.5) is 5.95 Å². The van der Waals surface area contributed by atoms with E-state index in [0.29, 0.717) is 29.0 Å². The summed E-state index contributed by atoms with van der Waals surface area (Å²) in [7, 11) is 0. The van der Waals surface area contributed by atoms with Crippen LogP contribution in [0.3, 0.4) is 0 Å². The minimum Gasteiger partial charge on any atom is -0.478 e. The molecule has 146 valence electrons. The smallest absolute Gasteiger partial charge is 0.225 e. The first-order chi connectivity index (χ1) is 13.6. The average molecular weight is 399 g/mol. The molecule has 7 nitrogen and oxygen atoms in total. The van der Waals surface area contributed by atoms with Gasteiger partial charge in [0.1, 0.15) is 17.6 Å². The van der Waals surface area contributed by atoms with Gasteiger partial charge in [-0.05, 0) is 50.4 Å². The lowest BCUT2D eigenvalue weighted by Gasteiger charge is -2.32. The number of ether oxygens (including phenoxy) is 1. The lowest BCUT2D eigenvalue weighted by molar-refractivity contribution is 0.275. The van der Waals surface area contributed by atoms with Crippen LogP contribution in [-0.4, -0.2) is 39.6 Å². The highest BCUT2D eigenvalue weighted by atomic mass is 35.5. The van der Waals surface area contributed by atoms with Gasteiger partial charge in [0.15, 0.2) is 0 Å². The fraction of sp³-hybridized carbons (Fsp3) is 0.550. The number of aromatic nitrogens is 4.